The van der Waals surface area contributed by atoms with Crippen molar-refractivity contribution in [3.63, 3.8) is 0 Å². The van der Waals surface area contributed by atoms with Crippen molar-refractivity contribution in [2.45, 2.75) is 32.7 Å². The molecule has 1 aromatic rings. The lowest BCUT2D eigenvalue weighted by molar-refractivity contribution is 0.269. The molecule has 21 heavy (non-hydrogen) atoms. The molecule has 1 N–H and O–H groups in total. The van der Waals surface area contributed by atoms with E-state index in [0.717, 1.165) is 26.1 Å². The molecule has 1 fully saturated rings. The molecule has 0 aliphatic carbocycles. The van der Waals surface area contributed by atoms with E-state index in [1.807, 2.05) is 0 Å². The second-order valence-electron chi connectivity index (χ2n) is 6.25. The van der Waals surface area contributed by atoms with Crippen molar-refractivity contribution >= 4 is 0 Å². The fourth-order valence-corrected chi connectivity index (χ4v) is 2.86. The zero-order valence-electron chi connectivity index (χ0n) is 13.8. The van der Waals surface area contributed by atoms with E-state index < -0.39 is 0 Å². The summed E-state index contributed by atoms with van der Waals surface area (Å²) in [5, 5.41) is 3.46. The Balaban J connectivity index is 1.76. The van der Waals surface area contributed by atoms with Gasteiger partial charge < -0.3 is 10.2 Å². The van der Waals surface area contributed by atoms with Gasteiger partial charge in [0, 0.05) is 19.6 Å². The van der Waals surface area contributed by atoms with Crippen molar-refractivity contribution in [2.75, 3.05) is 46.3 Å². The first-order valence-electron chi connectivity index (χ1n) is 8.47. The largest absolute Gasteiger partial charge is 0.316 e. The lowest BCUT2D eigenvalue weighted by Gasteiger charge is -2.20. The Bertz CT molecular complexity index is 388. The average Bonchev–Trinajstić information content (AvgIpc) is 2.70. The lowest BCUT2D eigenvalue weighted by Crippen LogP contribution is -2.28. The van der Waals surface area contributed by atoms with Crippen LogP contribution in [0, 0.1) is 0 Å². The van der Waals surface area contributed by atoms with Crippen LogP contribution in [-0.2, 0) is 13.0 Å². The van der Waals surface area contributed by atoms with Crippen LogP contribution in [0.25, 0.3) is 0 Å². The summed E-state index contributed by atoms with van der Waals surface area (Å²) in [7, 11) is 2.23. The smallest absolute Gasteiger partial charge is 0.0234 e. The number of rotatable bonds is 7. The van der Waals surface area contributed by atoms with Crippen LogP contribution in [0.4, 0.5) is 0 Å². The van der Waals surface area contributed by atoms with Gasteiger partial charge in [-0.05, 0) is 63.6 Å². The van der Waals surface area contributed by atoms with Gasteiger partial charge in [-0.3, -0.25) is 4.90 Å². The number of nitrogens with zero attached hydrogens (tertiary/aromatic N) is 2. The first-order valence-corrected chi connectivity index (χ1v) is 8.47. The number of hydrogen-bond donors (Lipinski definition) is 1. The molecule has 0 aromatic heterocycles. The first-order chi connectivity index (χ1) is 10.3. The van der Waals surface area contributed by atoms with Crippen LogP contribution in [0.3, 0.4) is 0 Å². The van der Waals surface area contributed by atoms with Crippen molar-refractivity contribution in [3.8, 4) is 0 Å². The number of benzene rings is 1. The Morgan fingerprint density at radius 3 is 2.48 bits per heavy atom. The van der Waals surface area contributed by atoms with Crippen molar-refractivity contribution in [1.82, 2.24) is 15.1 Å². The predicted octanol–water partition coefficient (Wildman–Crippen LogP) is 2.37. The van der Waals surface area contributed by atoms with Crippen LogP contribution in [0.15, 0.2) is 24.3 Å². The molecular formula is C18H31N3. The molecule has 0 spiro atoms. The molecular weight excluding hydrogens is 258 g/mol. The van der Waals surface area contributed by atoms with Gasteiger partial charge in [0.25, 0.3) is 0 Å². The molecule has 0 radical (unpaired) electrons. The standard InChI is InChI=1S/C18H31N3/c1-3-10-19-11-9-17-5-7-18(8-6-17)16-21-13-4-12-20(2)14-15-21/h5-8,19H,3-4,9-16H2,1-2H3. The fourth-order valence-electron chi connectivity index (χ4n) is 2.86. The minimum absolute atomic E-state index is 1.09. The van der Waals surface area contributed by atoms with Crippen LogP contribution in [-0.4, -0.2) is 56.1 Å². The summed E-state index contributed by atoms with van der Waals surface area (Å²) in [5.74, 6) is 0. The zero-order valence-corrected chi connectivity index (χ0v) is 13.8. The molecule has 118 valence electrons. The van der Waals surface area contributed by atoms with Crippen molar-refractivity contribution in [2.24, 2.45) is 0 Å². The number of likely N-dealkylation sites (N-methyl/N-ethyl adjacent to an activating group) is 1. The summed E-state index contributed by atoms with van der Waals surface area (Å²) in [6, 6.07) is 9.22. The molecule has 1 aromatic carbocycles. The summed E-state index contributed by atoms with van der Waals surface area (Å²) in [6.07, 6.45) is 3.64. The van der Waals surface area contributed by atoms with Crippen molar-refractivity contribution in [1.29, 1.82) is 0 Å². The Morgan fingerprint density at radius 2 is 1.71 bits per heavy atom. The Hall–Kier alpha value is -0.900. The minimum Gasteiger partial charge on any atom is -0.316 e. The van der Waals surface area contributed by atoms with Gasteiger partial charge in [-0.15, -0.1) is 0 Å². The fraction of sp³-hybridized carbons (Fsp3) is 0.667. The zero-order chi connectivity index (χ0) is 14.9. The van der Waals surface area contributed by atoms with Gasteiger partial charge in [0.05, 0.1) is 0 Å². The maximum Gasteiger partial charge on any atom is 0.0234 e. The third-order valence-electron chi connectivity index (χ3n) is 4.26. The second-order valence-corrected chi connectivity index (χ2v) is 6.25. The summed E-state index contributed by atoms with van der Waals surface area (Å²) in [5.41, 5.74) is 2.89. The van der Waals surface area contributed by atoms with E-state index in [-0.39, 0.29) is 0 Å². The van der Waals surface area contributed by atoms with Crippen LogP contribution < -0.4 is 5.32 Å². The molecule has 0 amide bonds. The normalized spacial score (nSPS) is 17.8. The van der Waals surface area contributed by atoms with Gasteiger partial charge in [0.1, 0.15) is 0 Å². The number of nitrogens with one attached hydrogen (secondary N) is 1. The molecule has 0 saturated carbocycles. The van der Waals surface area contributed by atoms with E-state index in [2.05, 4.69) is 53.4 Å². The summed E-state index contributed by atoms with van der Waals surface area (Å²) < 4.78 is 0. The van der Waals surface area contributed by atoms with Gasteiger partial charge in [-0.1, -0.05) is 31.2 Å². The highest BCUT2D eigenvalue weighted by Crippen LogP contribution is 2.10. The molecule has 0 atom stereocenters. The van der Waals surface area contributed by atoms with E-state index in [0.29, 0.717) is 0 Å². The van der Waals surface area contributed by atoms with Gasteiger partial charge >= 0.3 is 0 Å². The SMILES string of the molecule is CCCNCCc1ccc(CN2CCCN(C)CC2)cc1. The maximum atomic E-state index is 3.46. The van der Waals surface area contributed by atoms with Crippen LogP contribution >= 0.6 is 0 Å². The third kappa shape index (κ3) is 6.16. The molecule has 1 heterocycles. The van der Waals surface area contributed by atoms with Gasteiger partial charge in [0.15, 0.2) is 0 Å². The van der Waals surface area contributed by atoms with Gasteiger partial charge in [-0.2, -0.15) is 0 Å². The number of hydrogen-bond acceptors (Lipinski definition) is 3. The van der Waals surface area contributed by atoms with Crippen LogP contribution in [0.2, 0.25) is 0 Å². The summed E-state index contributed by atoms with van der Waals surface area (Å²) in [6.45, 7) is 10.4. The van der Waals surface area contributed by atoms with Crippen molar-refractivity contribution in [3.05, 3.63) is 35.4 Å². The van der Waals surface area contributed by atoms with Gasteiger partial charge in [-0.25, -0.2) is 0 Å². The molecule has 3 heteroatoms. The molecule has 0 unspecified atom stereocenters. The molecule has 3 nitrogen and oxygen atoms in total. The predicted molar refractivity (Wildman–Crippen MR) is 90.7 cm³/mol. The van der Waals surface area contributed by atoms with Crippen LogP contribution in [0.5, 0.6) is 0 Å². The third-order valence-corrected chi connectivity index (χ3v) is 4.26. The van der Waals surface area contributed by atoms with E-state index >= 15 is 0 Å². The Labute approximate surface area is 130 Å². The van der Waals surface area contributed by atoms with E-state index in [1.165, 1.54) is 50.1 Å². The molecule has 2 rings (SSSR count). The highest BCUT2D eigenvalue weighted by atomic mass is 15.2. The van der Waals surface area contributed by atoms with E-state index in [4.69, 9.17) is 0 Å². The van der Waals surface area contributed by atoms with Crippen LogP contribution in [0.1, 0.15) is 30.9 Å². The minimum atomic E-state index is 1.09. The van der Waals surface area contributed by atoms with Gasteiger partial charge in [0.2, 0.25) is 0 Å². The van der Waals surface area contributed by atoms with Crippen molar-refractivity contribution < 1.29 is 0 Å². The highest BCUT2D eigenvalue weighted by Gasteiger charge is 2.11. The molecule has 1 saturated heterocycles. The molecule has 1 aliphatic rings. The second kappa shape index (κ2) is 9.19. The van der Waals surface area contributed by atoms with E-state index in [1.54, 1.807) is 0 Å². The molecule has 1 aliphatic heterocycles. The Kier molecular flexibility index (Phi) is 7.20. The topological polar surface area (TPSA) is 18.5 Å². The highest BCUT2D eigenvalue weighted by molar-refractivity contribution is 5.22. The Morgan fingerprint density at radius 1 is 0.952 bits per heavy atom. The molecule has 0 bridgehead atoms. The quantitative estimate of drug-likeness (QED) is 0.778. The summed E-state index contributed by atoms with van der Waals surface area (Å²) >= 11 is 0. The average molecular weight is 289 g/mol. The lowest BCUT2D eigenvalue weighted by atomic mass is 10.1. The summed E-state index contributed by atoms with van der Waals surface area (Å²) in [4.78, 5) is 5.02. The first kappa shape index (κ1) is 16.5. The van der Waals surface area contributed by atoms with E-state index in [9.17, 15) is 0 Å². The maximum absolute atomic E-state index is 3.46. The monoisotopic (exact) mass is 289 g/mol.